The van der Waals surface area contributed by atoms with E-state index in [1.165, 1.54) is 22.4 Å². The van der Waals surface area contributed by atoms with Crippen LogP contribution in [-0.4, -0.2) is 12.5 Å². The number of benzene rings is 1. The maximum absolute atomic E-state index is 11.8. The van der Waals surface area contributed by atoms with E-state index in [2.05, 4.69) is 12.1 Å². The highest BCUT2D eigenvalue weighted by Crippen LogP contribution is 2.36. The SMILES string of the molecule is O=C1CCc2cc(CCl)cc3c2N1CCC3. The van der Waals surface area contributed by atoms with Gasteiger partial charge < -0.3 is 4.90 Å². The molecule has 0 unspecified atom stereocenters. The third-order valence-corrected chi connectivity index (χ3v) is 3.80. The molecule has 1 aromatic carbocycles. The number of aryl methyl sites for hydroxylation is 2. The molecule has 16 heavy (non-hydrogen) atoms. The molecule has 0 aromatic heterocycles. The Labute approximate surface area is 100 Å². The minimum absolute atomic E-state index is 0.284. The smallest absolute Gasteiger partial charge is 0.227 e. The largest absolute Gasteiger partial charge is 0.312 e. The Morgan fingerprint density at radius 2 is 1.94 bits per heavy atom. The summed E-state index contributed by atoms with van der Waals surface area (Å²) < 4.78 is 0. The Bertz CT molecular complexity index is 438. The van der Waals surface area contributed by atoms with Crippen molar-refractivity contribution in [3.8, 4) is 0 Å². The van der Waals surface area contributed by atoms with Gasteiger partial charge in [-0.15, -0.1) is 11.6 Å². The van der Waals surface area contributed by atoms with Crippen molar-refractivity contribution in [2.45, 2.75) is 31.6 Å². The Morgan fingerprint density at radius 3 is 2.69 bits per heavy atom. The summed E-state index contributed by atoms with van der Waals surface area (Å²) in [5.74, 6) is 0.848. The zero-order chi connectivity index (χ0) is 11.1. The lowest BCUT2D eigenvalue weighted by molar-refractivity contribution is -0.119. The van der Waals surface area contributed by atoms with E-state index < -0.39 is 0 Å². The van der Waals surface area contributed by atoms with Crippen molar-refractivity contribution in [2.75, 3.05) is 11.4 Å². The van der Waals surface area contributed by atoms with Gasteiger partial charge in [-0.1, -0.05) is 12.1 Å². The molecule has 84 valence electrons. The fourth-order valence-electron chi connectivity index (χ4n) is 2.80. The molecule has 1 amide bonds. The molecule has 0 atom stereocenters. The molecule has 0 spiro atoms. The van der Waals surface area contributed by atoms with Crippen molar-refractivity contribution in [2.24, 2.45) is 0 Å². The maximum Gasteiger partial charge on any atom is 0.227 e. The number of carbonyl (C=O) groups is 1. The van der Waals surface area contributed by atoms with E-state index in [0.717, 1.165) is 25.8 Å². The van der Waals surface area contributed by atoms with Crippen LogP contribution in [0.25, 0.3) is 0 Å². The van der Waals surface area contributed by atoms with Gasteiger partial charge in [0, 0.05) is 18.8 Å². The van der Waals surface area contributed by atoms with Gasteiger partial charge in [0.2, 0.25) is 5.91 Å². The molecular formula is C13H14ClNO. The van der Waals surface area contributed by atoms with E-state index in [1.54, 1.807) is 0 Å². The topological polar surface area (TPSA) is 20.3 Å². The van der Waals surface area contributed by atoms with Crippen LogP contribution in [0.4, 0.5) is 5.69 Å². The molecule has 2 nitrogen and oxygen atoms in total. The molecule has 0 saturated heterocycles. The average Bonchev–Trinajstić information content (AvgIpc) is 2.33. The van der Waals surface area contributed by atoms with E-state index in [9.17, 15) is 4.79 Å². The quantitative estimate of drug-likeness (QED) is 0.686. The van der Waals surface area contributed by atoms with E-state index >= 15 is 0 Å². The molecule has 0 aliphatic carbocycles. The minimum Gasteiger partial charge on any atom is -0.312 e. The number of hydrogen-bond donors (Lipinski definition) is 0. The Morgan fingerprint density at radius 1 is 1.19 bits per heavy atom. The molecule has 2 aliphatic rings. The molecule has 3 heteroatoms. The summed E-state index contributed by atoms with van der Waals surface area (Å²) in [6.07, 6.45) is 3.68. The molecule has 2 heterocycles. The molecule has 1 aromatic rings. The number of rotatable bonds is 1. The van der Waals surface area contributed by atoms with Crippen molar-refractivity contribution >= 4 is 23.2 Å². The first-order chi connectivity index (χ1) is 7.79. The van der Waals surface area contributed by atoms with Crippen molar-refractivity contribution in [3.63, 3.8) is 0 Å². The summed E-state index contributed by atoms with van der Waals surface area (Å²) in [6, 6.07) is 4.33. The van der Waals surface area contributed by atoms with E-state index in [4.69, 9.17) is 11.6 Å². The van der Waals surface area contributed by atoms with Crippen molar-refractivity contribution in [1.82, 2.24) is 0 Å². The number of nitrogens with zero attached hydrogens (tertiary/aromatic N) is 1. The first kappa shape index (κ1) is 10.2. The third kappa shape index (κ3) is 1.44. The van der Waals surface area contributed by atoms with Crippen LogP contribution in [0, 0.1) is 0 Å². The summed E-state index contributed by atoms with van der Waals surface area (Å²) in [7, 11) is 0. The van der Waals surface area contributed by atoms with Crippen LogP contribution >= 0.6 is 11.6 Å². The second-order valence-corrected chi connectivity index (χ2v) is 4.81. The van der Waals surface area contributed by atoms with E-state index in [-0.39, 0.29) is 5.91 Å². The summed E-state index contributed by atoms with van der Waals surface area (Å²) >= 11 is 5.90. The predicted molar refractivity (Wildman–Crippen MR) is 65.0 cm³/mol. The van der Waals surface area contributed by atoms with Crippen molar-refractivity contribution < 1.29 is 4.79 Å². The molecule has 0 saturated carbocycles. The maximum atomic E-state index is 11.8. The highest BCUT2D eigenvalue weighted by Gasteiger charge is 2.29. The second kappa shape index (κ2) is 3.77. The van der Waals surface area contributed by atoms with Crippen LogP contribution < -0.4 is 4.90 Å². The highest BCUT2D eigenvalue weighted by atomic mass is 35.5. The van der Waals surface area contributed by atoms with Crippen LogP contribution in [0.3, 0.4) is 0 Å². The van der Waals surface area contributed by atoms with Gasteiger partial charge in [0.25, 0.3) is 0 Å². The molecule has 0 bridgehead atoms. The number of carbonyl (C=O) groups excluding carboxylic acids is 1. The lowest BCUT2D eigenvalue weighted by Crippen LogP contribution is -2.39. The zero-order valence-corrected chi connectivity index (χ0v) is 9.89. The van der Waals surface area contributed by atoms with E-state index in [1.807, 2.05) is 4.90 Å². The Balaban J connectivity index is 2.18. The number of alkyl halides is 1. The van der Waals surface area contributed by atoms with Crippen LogP contribution in [-0.2, 0) is 23.5 Å². The standard InChI is InChI=1S/C13H14ClNO/c14-8-9-6-10-2-1-5-15-12(16)4-3-11(7-9)13(10)15/h6-7H,1-5,8H2. The summed E-state index contributed by atoms with van der Waals surface area (Å²) in [5.41, 5.74) is 5.00. The predicted octanol–water partition coefficient (Wildman–Crippen LogP) is 2.65. The zero-order valence-electron chi connectivity index (χ0n) is 9.13. The lowest BCUT2D eigenvalue weighted by atomic mass is 9.90. The number of hydrogen-bond acceptors (Lipinski definition) is 1. The fourth-order valence-corrected chi connectivity index (χ4v) is 2.96. The van der Waals surface area contributed by atoms with Gasteiger partial charge in [0.15, 0.2) is 0 Å². The first-order valence-corrected chi connectivity index (χ1v) is 6.34. The number of anilines is 1. The monoisotopic (exact) mass is 235 g/mol. The first-order valence-electron chi connectivity index (χ1n) is 5.80. The fraction of sp³-hybridized carbons (Fsp3) is 0.462. The highest BCUT2D eigenvalue weighted by molar-refractivity contribution is 6.17. The third-order valence-electron chi connectivity index (χ3n) is 3.49. The summed E-state index contributed by atoms with van der Waals surface area (Å²) in [5, 5.41) is 0. The Hall–Kier alpha value is -1.02. The van der Waals surface area contributed by atoms with E-state index in [0.29, 0.717) is 12.3 Å². The Kier molecular flexibility index (Phi) is 2.40. The summed E-state index contributed by atoms with van der Waals surface area (Å²) in [6.45, 7) is 0.888. The number of halogens is 1. The average molecular weight is 236 g/mol. The summed E-state index contributed by atoms with van der Waals surface area (Å²) in [4.78, 5) is 13.8. The van der Waals surface area contributed by atoms with Gasteiger partial charge in [0.05, 0.1) is 5.69 Å². The van der Waals surface area contributed by atoms with Crippen molar-refractivity contribution in [3.05, 3.63) is 28.8 Å². The normalized spacial score (nSPS) is 18.6. The molecule has 2 aliphatic heterocycles. The number of amides is 1. The van der Waals surface area contributed by atoms with Gasteiger partial charge in [0.1, 0.15) is 0 Å². The molecule has 0 radical (unpaired) electrons. The van der Waals surface area contributed by atoms with Crippen LogP contribution in [0.2, 0.25) is 0 Å². The van der Waals surface area contributed by atoms with Crippen LogP contribution in [0.5, 0.6) is 0 Å². The van der Waals surface area contributed by atoms with Crippen molar-refractivity contribution in [1.29, 1.82) is 0 Å². The molecular weight excluding hydrogens is 222 g/mol. The van der Waals surface area contributed by atoms with Crippen LogP contribution in [0.15, 0.2) is 12.1 Å². The second-order valence-electron chi connectivity index (χ2n) is 4.55. The van der Waals surface area contributed by atoms with Gasteiger partial charge in [-0.25, -0.2) is 0 Å². The molecule has 0 fully saturated rings. The van der Waals surface area contributed by atoms with Crippen LogP contribution in [0.1, 0.15) is 29.5 Å². The minimum atomic E-state index is 0.284. The lowest BCUT2D eigenvalue weighted by Gasteiger charge is -2.35. The van der Waals surface area contributed by atoms with Gasteiger partial charge >= 0.3 is 0 Å². The molecule has 3 rings (SSSR count). The molecule has 0 N–H and O–H groups in total. The van der Waals surface area contributed by atoms with Gasteiger partial charge in [-0.3, -0.25) is 4.79 Å². The van der Waals surface area contributed by atoms with Gasteiger partial charge in [-0.2, -0.15) is 0 Å². The van der Waals surface area contributed by atoms with Gasteiger partial charge in [-0.05, 0) is 36.0 Å².